The normalized spacial score (nSPS) is 10.1. The molecule has 2 heterocycles. The summed E-state index contributed by atoms with van der Waals surface area (Å²) in [6.45, 7) is 1.96. The monoisotopic (exact) mass is 206 g/mol. The third-order valence-corrected chi connectivity index (χ3v) is 2.44. The maximum Gasteiger partial charge on any atom is 0.167 e. The fourth-order valence-electron chi connectivity index (χ4n) is 1.15. The Labute approximate surface area is 86.3 Å². The maximum atomic E-state index is 4.22. The van der Waals surface area contributed by atoms with E-state index >= 15 is 0 Å². The van der Waals surface area contributed by atoms with Crippen molar-refractivity contribution in [1.29, 1.82) is 0 Å². The van der Waals surface area contributed by atoms with Gasteiger partial charge in [0.05, 0.1) is 11.7 Å². The molecule has 0 saturated carbocycles. The number of pyridine rings is 1. The summed E-state index contributed by atoms with van der Waals surface area (Å²) in [5, 5.41) is 3.00. The first kappa shape index (κ1) is 9.08. The van der Waals surface area contributed by atoms with Crippen LogP contribution in [-0.2, 0) is 0 Å². The predicted octanol–water partition coefficient (Wildman–Crippen LogP) is 1.95. The Morgan fingerprint density at radius 3 is 2.79 bits per heavy atom. The average molecular weight is 206 g/mol. The van der Waals surface area contributed by atoms with Crippen LogP contribution in [0.15, 0.2) is 18.3 Å². The van der Waals surface area contributed by atoms with Gasteiger partial charge in [-0.2, -0.15) is 8.75 Å². The molecule has 2 aromatic rings. The maximum absolute atomic E-state index is 4.22. The van der Waals surface area contributed by atoms with E-state index in [-0.39, 0.29) is 0 Å². The molecule has 0 amide bonds. The third kappa shape index (κ3) is 1.58. The molecule has 72 valence electrons. The Morgan fingerprint density at radius 1 is 1.29 bits per heavy atom. The predicted molar refractivity (Wildman–Crippen MR) is 57.4 cm³/mol. The van der Waals surface area contributed by atoms with E-state index in [4.69, 9.17) is 0 Å². The zero-order valence-electron chi connectivity index (χ0n) is 7.98. The SMILES string of the molecule is CNc1nsnc1-c1ccc(C)nc1. The zero-order valence-corrected chi connectivity index (χ0v) is 8.80. The number of hydrogen-bond acceptors (Lipinski definition) is 5. The van der Waals surface area contributed by atoms with Gasteiger partial charge in [0.1, 0.15) is 5.69 Å². The molecule has 0 aliphatic heterocycles. The van der Waals surface area contributed by atoms with E-state index in [2.05, 4.69) is 19.0 Å². The summed E-state index contributed by atoms with van der Waals surface area (Å²) in [6.07, 6.45) is 1.81. The van der Waals surface area contributed by atoms with Crippen molar-refractivity contribution >= 4 is 17.5 Å². The fraction of sp³-hybridized carbons (Fsp3) is 0.222. The van der Waals surface area contributed by atoms with Crippen LogP contribution in [0.2, 0.25) is 0 Å². The van der Waals surface area contributed by atoms with Crippen molar-refractivity contribution in [1.82, 2.24) is 13.7 Å². The number of aromatic nitrogens is 3. The average Bonchev–Trinajstić information content (AvgIpc) is 2.67. The highest BCUT2D eigenvalue weighted by atomic mass is 32.1. The van der Waals surface area contributed by atoms with E-state index in [1.54, 1.807) is 0 Å². The van der Waals surface area contributed by atoms with Gasteiger partial charge in [0.15, 0.2) is 5.82 Å². The van der Waals surface area contributed by atoms with Gasteiger partial charge in [-0.1, -0.05) is 0 Å². The second-order valence-corrected chi connectivity index (χ2v) is 3.43. The van der Waals surface area contributed by atoms with Crippen molar-refractivity contribution in [3.63, 3.8) is 0 Å². The van der Waals surface area contributed by atoms with Crippen LogP contribution < -0.4 is 5.32 Å². The van der Waals surface area contributed by atoms with Crippen LogP contribution in [0.4, 0.5) is 5.82 Å². The highest BCUT2D eigenvalue weighted by molar-refractivity contribution is 6.99. The highest BCUT2D eigenvalue weighted by Gasteiger charge is 2.08. The molecule has 0 radical (unpaired) electrons. The molecule has 5 heteroatoms. The van der Waals surface area contributed by atoms with Crippen LogP contribution in [0.5, 0.6) is 0 Å². The van der Waals surface area contributed by atoms with Gasteiger partial charge in [-0.25, -0.2) is 0 Å². The lowest BCUT2D eigenvalue weighted by Gasteiger charge is -1.99. The van der Waals surface area contributed by atoms with Crippen LogP contribution in [0.25, 0.3) is 11.3 Å². The van der Waals surface area contributed by atoms with Crippen molar-refractivity contribution in [2.45, 2.75) is 6.92 Å². The van der Waals surface area contributed by atoms with E-state index in [0.29, 0.717) is 0 Å². The van der Waals surface area contributed by atoms with Crippen molar-refractivity contribution < 1.29 is 0 Å². The van der Waals surface area contributed by atoms with E-state index in [1.165, 1.54) is 11.7 Å². The van der Waals surface area contributed by atoms with Crippen molar-refractivity contribution in [3.8, 4) is 11.3 Å². The van der Waals surface area contributed by atoms with Gasteiger partial charge in [0.2, 0.25) is 0 Å². The molecule has 0 spiro atoms. The van der Waals surface area contributed by atoms with Gasteiger partial charge in [-0.3, -0.25) is 4.98 Å². The number of nitrogens with one attached hydrogen (secondary N) is 1. The molecule has 0 aliphatic rings. The van der Waals surface area contributed by atoms with E-state index < -0.39 is 0 Å². The van der Waals surface area contributed by atoms with E-state index in [0.717, 1.165) is 22.8 Å². The summed E-state index contributed by atoms with van der Waals surface area (Å²) in [5.74, 6) is 0.806. The van der Waals surface area contributed by atoms with Gasteiger partial charge >= 0.3 is 0 Å². The second kappa shape index (κ2) is 3.71. The van der Waals surface area contributed by atoms with Gasteiger partial charge in [-0.15, -0.1) is 0 Å². The standard InChI is InChI=1S/C9H10N4S/c1-6-3-4-7(5-11-6)8-9(10-2)13-14-12-8/h3-5H,1-2H3,(H,10,13). The molecule has 1 N–H and O–H groups in total. The minimum atomic E-state index is 0.806. The molecule has 0 saturated heterocycles. The van der Waals surface area contributed by atoms with E-state index in [9.17, 15) is 0 Å². The Balaban J connectivity index is 2.44. The first-order valence-corrected chi connectivity index (χ1v) is 4.97. The molecule has 0 aliphatic carbocycles. The Kier molecular flexibility index (Phi) is 2.41. The number of nitrogens with zero attached hydrogens (tertiary/aromatic N) is 3. The number of hydrogen-bond donors (Lipinski definition) is 1. The van der Waals surface area contributed by atoms with Crippen LogP contribution >= 0.6 is 11.7 Å². The molecule has 0 atom stereocenters. The Hall–Kier alpha value is -1.49. The fourth-order valence-corrected chi connectivity index (χ4v) is 1.72. The zero-order chi connectivity index (χ0) is 9.97. The molecule has 0 unspecified atom stereocenters. The molecular formula is C9H10N4S. The lowest BCUT2D eigenvalue weighted by atomic mass is 10.2. The summed E-state index contributed by atoms with van der Waals surface area (Å²) >= 11 is 1.20. The smallest absolute Gasteiger partial charge is 0.167 e. The van der Waals surface area contributed by atoms with Crippen molar-refractivity contribution in [3.05, 3.63) is 24.0 Å². The molecule has 0 bridgehead atoms. The number of anilines is 1. The second-order valence-electron chi connectivity index (χ2n) is 2.90. The Bertz CT molecular complexity index is 421. The molecule has 2 rings (SSSR count). The van der Waals surface area contributed by atoms with E-state index in [1.807, 2.05) is 32.3 Å². The molecular weight excluding hydrogens is 196 g/mol. The minimum absolute atomic E-state index is 0.806. The minimum Gasteiger partial charge on any atom is -0.370 e. The van der Waals surface area contributed by atoms with Crippen LogP contribution in [-0.4, -0.2) is 20.8 Å². The summed E-state index contributed by atoms with van der Waals surface area (Å²) < 4.78 is 8.34. The quantitative estimate of drug-likeness (QED) is 0.816. The topological polar surface area (TPSA) is 50.7 Å². The number of aryl methyl sites for hydroxylation is 1. The van der Waals surface area contributed by atoms with Crippen LogP contribution in [0.1, 0.15) is 5.69 Å². The van der Waals surface area contributed by atoms with Crippen molar-refractivity contribution in [2.24, 2.45) is 0 Å². The van der Waals surface area contributed by atoms with Gasteiger partial charge in [-0.05, 0) is 19.1 Å². The largest absolute Gasteiger partial charge is 0.370 e. The molecule has 4 nitrogen and oxygen atoms in total. The van der Waals surface area contributed by atoms with Crippen LogP contribution in [0, 0.1) is 6.92 Å². The summed E-state index contributed by atoms with van der Waals surface area (Å²) in [7, 11) is 1.84. The number of rotatable bonds is 2. The van der Waals surface area contributed by atoms with Crippen LogP contribution in [0.3, 0.4) is 0 Å². The summed E-state index contributed by atoms with van der Waals surface area (Å²) in [4.78, 5) is 4.22. The lowest BCUT2D eigenvalue weighted by Crippen LogP contribution is -1.91. The van der Waals surface area contributed by atoms with Gasteiger partial charge in [0, 0.05) is 24.5 Å². The first-order valence-electron chi connectivity index (χ1n) is 4.24. The summed E-state index contributed by atoms with van der Waals surface area (Å²) in [5.41, 5.74) is 2.86. The molecule has 0 fully saturated rings. The lowest BCUT2D eigenvalue weighted by molar-refractivity contribution is 1.20. The summed E-state index contributed by atoms with van der Waals surface area (Å²) in [6, 6.07) is 3.97. The van der Waals surface area contributed by atoms with Gasteiger partial charge in [0.25, 0.3) is 0 Å². The molecule has 14 heavy (non-hydrogen) atoms. The van der Waals surface area contributed by atoms with Gasteiger partial charge < -0.3 is 5.32 Å². The van der Waals surface area contributed by atoms with Crippen molar-refractivity contribution in [2.75, 3.05) is 12.4 Å². The third-order valence-electron chi connectivity index (χ3n) is 1.91. The molecule has 2 aromatic heterocycles. The first-order chi connectivity index (χ1) is 6.81. The molecule has 0 aromatic carbocycles. The highest BCUT2D eigenvalue weighted by Crippen LogP contribution is 2.24. The Morgan fingerprint density at radius 2 is 2.14 bits per heavy atom.